The van der Waals surface area contributed by atoms with Crippen LogP contribution in [0.2, 0.25) is 0 Å². The third-order valence-electron chi connectivity index (χ3n) is 8.33. The maximum Gasteiger partial charge on any atom is 0.318 e. The SMILES string of the molecule is CN1CCC[C@H]1COc1nc2c(c(N3CCN[C@@H](CC#N)C3)n1)CCN(c1cccc3c1CCOC3)C2. The maximum atomic E-state index is 9.26. The van der Waals surface area contributed by atoms with Crippen LogP contribution >= 0.6 is 0 Å². The molecule has 9 heteroatoms. The number of ether oxygens (including phenoxy) is 2. The fourth-order valence-corrected chi connectivity index (χ4v) is 6.24. The summed E-state index contributed by atoms with van der Waals surface area (Å²) in [5.41, 5.74) is 6.30. The van der Waals surface area contributed by atoms with E-state index in [9.17, 15) is 5.26 Å². The van der Waals surface area contributed by atoms with E-state index in [0.717, 1.165) is 76.6 Å². The first-order valence-electron chi connectivity index (χ1n) is 13.7. The van der Waals surface area contributed by atoms with E-state index in [0.29, 0.717) is 31.7 Å². The lowest BCUT2D eigenvalue weighted by Crippen LogP contribution is -2.51. The normalized spacial score (nSPS) is 23.9. The zero-order valence-corrected chi connectivity index (χ0v) is 21.8. The second kappa shape index (κ2) is 10.8. The number of rotatable bonds is 6. The summed E-state index contributed by atoms with van der Waals surface area (Å²) in [7, 11) is 2.17. The van der Waals surface area contributed by atoms with Crippen molar-refractivity contribution in [2.45, 2.75) is 57.3 Å². The molecule has 0 saturated carbocycles. The molecule has 196 valence electrons. The molecule has 2 aromatic rings. The van der Waals surface area contributed by atoms with E-state index >= 15 is 0 Å². The van der Waals surface area contributed by atoms with Crippen LogP contribution < -0.4 is 19.9 Å². The van der Waals surface area contributed by atoms with Crippen molar-refractivity contribution in [1.82, 2.24) is 20.2 Å². The van der Waals surface area contributed by atoms with Crippen LogP contribution in [-0.2, 0) is 30.7 Å². The van der Waals surface area contributed by atoms with E-state index in [1.165, 1.54) is 28.8 Å². The van der Waals surface area contributed by atoms with Crippen LogP contribution in [-0.4, -0.2) is 79.9 Å². The topological polar surface area (TPSA) is 89.8 Å². The van der Waals surface area contributed by atoms with E-state index in [2.05, 4.69) is 51.3 Å². The van der Waals surface area contributed by atoms with Gasteiger partial charge in [-0.3, -0.25) is 0 Å². The van der Waals surface area contributed by atoms with Gasteiger partial charge in [0.15, 0.2) is 0 Å². The lowest BCUT2D eigenvalue weighted by Gasteiger charge is -2.38. The van der Waals surface area contributed by atoms with E-state index in [4.69, 9.17) is 19.4 Å². The summed E-state index contributed by atoms with van der Waals surface area (Å²) < 4.78 is 12.0. The molecule has 2 saturated heterocycles. The lowest BCUT2D eigenvalue weighted by atomic mass is 9.97. The average Bonchev–Trinajstić information content (AvgIpc) is 3.35. The smallest absolute Gasteiger partial charge is 0.318 e. The molecule has 6 rings (SSSR count). The third-order valence-corrected chi connectivity index (χ3v) is 8.33. The summed E-state index contributed by atoms with van der Waals surface area (Å²) in [6.07, 6.45) is 4.71. The Morgan fingerprint density at radius 3 is 2.97 bits per heavy atom. The number of hydrogen-bond donors (Lipinski definition) is 1. The van der Waals surface area contributed by atoms with Crippen molar-refractivity contribution in [2.75, 3.05) is 62.8 Å². The van der Waals surface area contributed by atoms with Gasteiger partial charge in [0.1, 0.15) is 12.4 Å². The van der Waals surface area contributed by atoms with Crippen molar-refractivity contribution in [3.05, 3.63) is 40.6 Å². The maximum absolute atomic E-state index is 9.26. The minimum absolute atomic E-state index is 0.152. The van der Waals surface area contributed by atoms with Crippen LogP contribution in [0.3, 0.4) is 0 Å². The molecule has 0 bridgehead atoms. The highest BCUT2D eigenvalue weighted by Gasteiger charge is 2.30. The quantitative estimate of drug-likeness (QED) is 0.638. The van der Waals surface area contributed by atoms with Gasteiger partial charge in [0.2, 0.25) is 0 Å². The molecule has 2 atom stereocenters. The van der Waals surface area contributed by atoms with Gasteiger partial charge in [0.05, 0.1) is 37.9 Å². The Bertz CT molecular complexity index is 1170. The van der Waals surface area contributed by atoms with Crippen molar-refractivity contribution in [3.8, 4) is 12.1 Å². The van der Waals surface area contributed by atoms with Crippen molar-refractivity contribution in [3.63, 3.8) is 0 Å². The van der Waals surface area contributed by atoms with Crippen LogP contribution in [0, 0.1) is 11.3 Å². The number of fused-ring (bicyclic) bond motifs is 2. The van der Waals surface area contributed by atoms with E-state index < -0.39 is 0 Å². The number of anilines is 2. The number of likely N-dealkylation sites (N-methyl/N-ethyl adjacent to an activating group) is 1. The average molecular weight is 504 g/mol. The van der Waals surface area contributed by atoms with Crippen molar-refractivity contribution >= 4 is 11.5 Å². The van der Waals surface area contributed by atoms with E-state index in [1.54, 1.807) is 0 Å². The predicted molar refractivity (Wildman–Crippen MR) is 142 cm³/mol. The van der Waals surface area contributed by atoms with Gasteiger partial charge >= 0.3 is 6.01 Å². The Morgan fingerprint density at radius 1 is 1.16 bits per heavy atom. The van der Waals surface area contributed by atoms with Crippen molar-refractivity contribution in [1.29, 1.82) is 5.26 Å². The molecule has 1 aromatic carbocycles. The van der Waals surface area contributed by atoms with Crippen LogP contribution in [0.5, 0.6) is 6.01 Å². The zero-order valence-electron chi connectivity index (χ0n) is 21.8. The molecular formula is C28H37N7O2. The number of nitrogens with one attached hydrogen (secondary N) is 1. The second-order valence-corrected chi connectivity index (χ2v) is 10.7. The summed E-state index contributed by atoms with van der Waals surface area (Å²) in [6.45, 7) is 7.37. The standard InChI is InChI=1S/C28H37N7O2/c1-33-12-3-5-22(33)19-37-28-31-25-17-34(26-6-2-4-20-18-36-15-9-23(20)26)13-8-24(25)27(32-28)35-14-11-30-21(16-35)7-10-29/h2,4,6,21-22,30H,3,5,7-9,11-19H2,1H3/t21-,22-/m0/s1. The summed E-state index contributed by atoms with van der Waals surface area (Å²) >= 11 is 0. The van der Waals surface area contributed by atoms with Crippen LogP contribution in [0.25, 0.3) is 0 Å². The molecule has 0 spiro atoms. The van der Waals surface area contributed by atoms with Gasteiger partial charge in [-0.2, -0.15) is 15.2 Å². The molecule has 0 radical (unpaired) electrons. The minimum atomic E-state index is 0.152. The molecule has 4 aliphatic heterocycles. The molecule has 1 aromatic heterocycles. The summed E-state index contributed by atoms with van der Waals surface area (Å²) in [6, 6.07) is 9.94. The molecule has 37 heavy (non-hydrogen) atoms. The first-order chi connectivity index (χ1) is 18.2. The van der Waals surface area contributed by atoms with E-state index in [1.807, 2.05) is 0 Å². The van der Waals surface area contributed by atoms with Gasteiger partial charge in [-0.25, -0.2) is 0 Å². The Balaban J connectivity index is 1.30. The first-order valence-corrected chi connectivity index (χ1v) is 13.7. The van der Waals surface area contributed by atoms with Gasteiger partial charge in [-0.1, -0.05) is 12.1 Å². The zero-order chi connectivity index (χ0) is 25.2. The lowest BCUT2D eigenvalue weighted by molar-refractivity contribution is 0.111. The Labute approximate surface area is 219 Å². The molecule has 9 nitrogen and oxygen atoms in total. The minimum Gasteiger partial charge on any atom is -0.462 e. The van der Waals surface area contributed by atoms with Gasteiger partial charge in [-0.15, -0.1) is 0 Å². The molecule has 2 fully saturated rings. The Kier molecular flexibility index (Phi) is 7.14. The van der Waals surface area contributed by atoms with E-state index in [-0.39, 0.29) is 6.04 Å². The molecular weight excluding hydrogens is 466 g/mol. The number of benzene rings is 1. The largest absolute Gasteiger partial charge is 0.462 e. The molecule has 5 heterocycles. The Hall–Kier alpha value is -2.93. The van der Waals surface area contributed by atoms with Crippen molar-refractivity contribution in [2.24, 2.45) is 0 Å². The molecule has 4 aliphatic rings. The monoisotopic (exact) mass is 503 g/mol. The summed E-state index contributed by atoms with van der Waals surface area (Å²) in [4.78, 5) is 17.1. The summed E-state index contributed by atoms with van der Waals surface area (Å²) in [5.74, 6) is 0.993. The highest BCUT2D eigenvalue weighted by Crippen LogP contribution is 2.35. The predicted octanol–water partition coefficient (Wildman–Crippen LogP) is 2.28. The summed E-state index contributed by atoms with van der Waals surface area (Å²) in [5, 5.41) is 12.7. The highest BCUT2D eigenvalue weighted by molar-refractivity contribution is 5.60. The van der Waals surface area contributed by atoms with Crippen LogP contribution in [0.15, 0.2) is 18.2 Å². The van der Waals surface area contributed by atoms with Gasteiger partial charge in [0.25, 0.3) is 0 Å². The number of aromatic nitrogens is 2. The van der Waals surface area contributed by atoms with Gasteiger partial charge in [-0.05, 0) is 56.5 Å². The molecule has 1 N–H and O–H groups in total. The first kappa shape index (κ1) is 24.4. The molecule has 0 amide bonds. The number of nitriles is 1. The number of nitrogens with zero attached hydrogens (tertiary/aromatic N) is 6. The number of likely N-dealkylation sites (tertiary alicyclic amines) is 1. The third kappa shape index (κ3) is 5.11. The van der Waals surface area contributed by atoms with Gasteiger partial charge in [0, 0.05) is 49.5 Å². The van der Waals surface area contributed by atoms with Crippen LogP contribution in [0.1, 0.15) is 41.6 Å². The number of hydrogen-bond acceptors (Lipinski definition) is 9. The van der Waals surface area contributed by atoms with Gasteiger partial charge < -0.3 is 29.5 Å². The van der Waals surface area contributed by atoms with Crippen LogP contribution in [0.4, 0.5) is 11.5 Å². The molecule has 0 aliphatic carbocycles. The molecule has 0 unspecified atom stereocenters. The number of piperazine rings is 1. The fourth-order valence-electron chi connectivity index (χ4n) is 6.24. The second-order valence-electron chi connectivity index (χ2n) is 10.7. The Morgan fingerprint density at radius 2 is 2.11 bits per heavy atom. The highest BCUT2D eigenvalue weighted by atomic mass is 16.5. The fraction of sp³-hybridized carbons (Fsp3) is 0.607. The van der Waals surface area contributed by atoms with Crippen molar-refractivity contribution < 1.29 is 9.47 Å².